The first-order valence-corrected chi connectivity index (χ1v) is 17.6. The summed E-state index contributed by atoms with van der Waals surface area (Å²) in [6, 6.07) is 0. The molecule has 0 spiro atoms. The molecule has 19 heteroatoms. The van der Waals surface area contributed by atoms with Crippen molar-refractivity contribution >= 4 is 41.1 Å². The molecule has 1 heterocycles. The van der Waals surface area contributed by atoms with E-state index in [1.54, 1.807) is 20.8 Å². The first-order valence-electron chi connectivity index (χ1n) is 17.2. The third-order valence-electron chi connectivity index (χ3n) is 5.46. The second-order valence-corrected chi connectivity index (χ2v) is 13.0. The molecule has 0 aliphatic carbocycles. The van der Waals surface area contributed by atoms with Crippen LogP contribution in [0, 0.1) is 0 Å². The molecule has 1 aliphatic heterocycles. The molecule has 0 bridgehead atoms. The Morgan fingerprint density at radius 3 is 1.52 bits per heavy atom. The van der Waals surface area contributed by atoms with Crippen LogP contribution in [0.25, 0.3) is 6.15 Å². The van der Waals surface area contributed by atoms with E-state index in [1.165, 1.54) is 0 Å². The summed E-state index contributed by atoms with van der Waals surface area (Å²) in [5.41, 5.74) is 3.42. The fourth-order valence-corrected chi connectivity index (χ4v) is 3.40. The van der Waals surface area contributed by atoms with Crippen molar-refractivity contribution in [2.24, 2.45) is 5.73 Å². The van der Waals surface area contributed by atoms with Gasteiger partial charge in [0.1, 0.15) is 11.2 Å². The molecule has 1 rings (SSSR count). The highest BCUT2D eigenvalue weighted by Crippen LogP contribution is 2.07. The van der Waals surface area contributed by atoms with Crippen molar-refractivity contribution in [2.45, 2.75) is 91.3 Å². The van der Waals surface area contributed by atoms with Gasteiger partial charge in [0.15, 0.2) is 0 Å². The maximum Gasteiger partial charge on any atom is 0.407 e. The molecule has 0 aromatic heterocycles. The molecule has 18 nitrogen and oxygen atoms in total. The van der Waals surface area contributed by atoms with E-state index in [-0.39, 0.29) is 24.6 Å². The first-order chi connectivity index (χ1) is 24.1. The Hall–Kier alpha value is -3.00. The maximum absolute atomic E-state index is 11.5. The van der Waals surface area contributed by atoms with Crippen LogP contribution >= 0.6 is 11.6 Å². The lowest BCUT2D eigenvalue weighted by molar-refractivity contribution is -0.146. The molecule has 0 aromatic rings. The molecule has 52 heavy (non-hydrogen) atoms. The van der Waals surface area contributed by atoms with Gasteiger partial charge in [-0.15, -0.1) is 0 Å². The Bertz CT molecular complexity index is 927. The SMILES string of the molecule is CC(C)(C)OC(=O)NCCOCCOCCN.CC(C)(C)OC(=O)NCCOCCOCCNC(=O)CCCCOC(=O)Cl.O=C1CCCCO1.[NH2-]. The van der Waals surface area contributed by atoms with Crippen LogP contribution in [0.1, 0.15) is 80.1 Å². The van der Waals surface area contributed by atoms with Crippen molar-refractivity contribution in [1.29, 1.82) is 0 Å². The van der Waals surface area contributed by atoms with Gasteiger partial charge >= 0.3 is 23.6 Å². The number of carbonyl (C=O) groups is 5. The second-order valence-electron chi connectivity index (χ2n) is 12.7. The normalized spacial score (nSPS) is 12.3. The van der Waals surface area contributed by atoms with Crippen molar-refractivity contribution in [3.63, 3.8) is 0 Å². The molecule has 1 saturated heterocycles. The predicted octanol–water partition coefficient (Wildman–Crippen LogP) is 4.14. The summed E-state index contributed by atoms with van der Waals surface area (Å²) in [6.45, 7) is 16.9. The number of alkyl carbamates (subject to hydrolysis) is 2. The van der Waals surface area contributed by atoms with Crippen molar-refractivity contribution in [1.82, 2.24) is 16.0 Å². The van der Waals surface area contributed by atoms with E-state index in [4.69, 9.17) is 45.8 Å². The average Bonchev–Trinajstić information content (AvgIpc) is 3.02. The van der Waals surface area contributed by atoms with Gasteiger partial charge in [-0.25, -0.2) is 14.4 Å². The highest BCUT2D eigenvalue weighted by Gasteiger charge is 2.16. The van der Waals surface area contributed by atoms with Crippen molar-refractivity contribution < 1.29 is 61.9 Å². The third-order valence-corrected chi connectivity index (χ3v) is 5.57. The minimum absolute atomic E-state index is 0. The minimum Gasteiger partial charge on any atom is -0.693 e. The number of nitrogens with two attached hydrogens (primary N) is 2. The van der Waals surface area contributed by atoms with Gasteiger partial charge in [-0.3, -0.25) is 9.59 Å². The summed E-state index contributed by atoms with van der Waals surface area (Å²) in [5, 5.41) is 7.91. The average molecular weight is 775 g/mol. The molecule has 1 aliphatic rings. The monoisotopic (exact) mass is 774 g/mol. The Morgan fingerprint density at radius 2 is 1.15 bits per heavy atom. The van der Waals surface area contributed by atoms with E-state index in [0.29, 0.717) is 111 Å². The van der Waals surface area contributed by atoms with Crippen LogP contribution in [-0.4, -0.2) is 133 Å². The standard InChI is InChI=1S/C17H31ClN2O7.C11H24N2O4.C5H8O2.H2N/c1-17(2,3)27-16(23)20-8-11-25-13-12-24-10-7-19-14(21)6-4-5-9-26-15(18)22;1-11(2,3)17-10(14)13-5-7-16-9-8-15-6-4-12;6-5-3-1-2-4-7-5;/h4-13H2,1-3H3,(H,19,21)(H,20,23);4-9,12H2,1-3H3,(H,13,14);1-4H2;1H2/q;;;-1. The quantitative estimate of drug-likeness (QED) is 0.0522. The number of hydrogen-bond donors (Lipinski definition) is 4. The summed E-state index contributed by atoms with van der Waals surface area (Å²) < 4.78 is 40.3. The fourth-order valence-electron chi connectivity index (χ4n) is 3.33. The number of ether oxygens (including phenoxy) is 8. The van der Waals surface area contributed by atoms with Crippen LogP contribution in [0.5, 0.6) is 0 Å². The zero-order valence-electron chi connectivity index (χ0n) is 32.0. The summed E-state index contributed by atoms with van der Waals surface area (Å²) >= 11 is 5.01. The zero-order valence-corrected chi connectivity index (χ0v) is 32.7. The van der Waals surface area contributed by atoms with Crippen LogP contribution in [0.2, 0.25) is 0 Å². The summed E-state index contributed by atoms with van der Waals surface area (Å²) in [6.07, 6.45) is 3.33. The van der Waals surface area contributed by atoms with E-state index in [9.17, 15) is 24.0 Å². The number of cyclic esters (lactones) is 1. The van der Waals surface area contributed by atoms with E-state index in [1.807, 2.05) is 20.8 Å². The molecule has 3 amide bonds. The van der Waals surface area contributed by atoms with Crippen molar-refractivity contribution in [3.8, 4) is 0 Å². The Balaban J connectivity index is -0.000000810. The molecular weight excluding hydrogens is 710 g/mol. The summed E-state index contributed by atoms with van der Waals surface area (Å²) in [7, 11) is 0. The van der Waals surface area contributed by atoms with Gasteiger partial charge in [0.25, 0.3) is 0 Å². The predicted molar refractivity (Wildman–Crippen MR) is 195 cm³/mol. The Kier molecular flexibility index (Phi) is 36.0. The number of carbonyl (C=O) groups excluding carboxylic acids is 5. The Labute approximate surface area is 314 Å². The van der Waals surface area contributed by atoms with Crippen LogP contribution in [0.15, 0.2) is 0 Å². The number of hydrogen-bond acceptors (Lipinski definition) is 14. The molecule has 7 N–H and O–H groups in total. The van der Waals surface area contributed by atoms with E-state index in [0.717, 1.165) is 12.8 Å². The van der Waals surface area contributed by atoms with Gasteiger partial charge < -0.3 is 65.7 Å². The number of unbranched alkanes of at least 4 members (excludes halogenated alkanes) is 1. The molecule has 0 aromatic carbocycles. The maximum atomic E-state index is 11.5. The lowest BCUT2D eigenvalue weighted by Crippen LogP contribution is -2.34. The Morgan fingerprint density at radius 1 is 0.692 bits per heavy atom. The zero-order chi connectivity index (χ0) is 38.8. The second kappa shape index (κ2) is 35.1. The first kappa shape index (κ1) is 53.4. The molecule has 0 unspecified atom stereocenters. The molecule has 0 saturated carbocycles. The molecule has 308 valence electrons. The summed E-state index contributed by atoms with van der Waals surface area (Å²) in [4.78, 5) is 54.7. The highest BCUT2D eigenvalue weighted by molar-refractivity contribution is 6.61. The van der Waals surface area contributed by atoms with E-state index < -0.39 is 28.8 Å². The number of rotatable bonds is 22. The van der Waals surface area contributed by atoms with Crippen molar-refractivity contribution in [2.75, 3.05) is 92.2 Å². The number of esters is 1. The van der Waals surface area contributed by atoms with Crippen LogP contribution in [-0.2, 0) is 47.5 Å². The number of nitrogens with one attached hydrogen (secondary N) is 3. The number of amides is 3. The van der Waals surface area contributed by atoms with Crippen molar-refractivity contribution in [3.05, 3.63) is 6.15 Å². The van der Waals surface area contributed by atoms with Gasteiger partial charge in [0.05, 0.1) is 66.1 Å². The third kappa shape index (κ3) is 47.0. The molecular formula is C33H65ClN5O13-. The van der Waals surface area contributed by atoms with E-state index in [2.05, 4.69) is 25.4 Å². The number of halogens is 1. The molecule has 0 atom stereocenters. The van der Waals surface area contributed by atoms with Crippen LogP contribution < -0.4 is 21.7 Å². The van der Waals surface area contributed by atoms with E-state index >= 15 is 0 Å². The van der Waals surface area contributed by atoms with Crippen LogP contribution in [0.4, 0.5) is 14.4 Å². The molecule has 1 fully saturated rings. The fraction of sp³-hybridized carbons (Fsp3) is 0.848. The lowest BCUT2D eigenvalue weighted by Gasteiger charge is -2.19. The molecule has 0 radical (unpaired) electrons. The van der Waals surface area contributed by atoms with Crippen LogP contribution in [0.3, 0.4) is 0 Å². The smallest absolute Gasteiger partial charge is 0.407 e. The van der Waals surface area contributed by atoms with Gasteiger partial charge in [-0.2, -0.15) is 0 Å². The van der Waals surface area contributed by atoms with Gasteiger partial charge in [0, 0.05) is 50.6 Å². The van der Waals surface area contributed by atoms with Gasteiger partial charge in [-0.1, -0.05) is 0 Å². The topological polar surface area (TPSA) is 255 Å². The van der Waals surface area contributed by atoms with Gasteiger partial charge in [0.2, 0.25) is 5.91 Å². The highest BCUT2D eigenvalue weighted by atomic mass is 35.5. The lowest BCUT2D eigenvalue weighted by atomic mass is 10.2. The minimum atomic E-state index is -0.833. The summed E-state index contributed by atoms with van der Waals surface area (Å²) in [5.74, 6) is -0.119. The largest absolute Gasteiger partial charge is 0.693 e. The van der Waals surface area contributed by atoms with Gasteiger partial charge in [-0.05, 0) is 67.2 Å².